The van der Waals surface area contributed by atoms with Crippen LogP contribution in [0.4, 0.5) is 0 Å². The molecule has 0 saturated heterocycles. The number of aryl methyl sites for hydroxylation is 3. The first-order valence-corrected chi connectivity index (χ1v) is 8.25. The van der Waals surface area contributed by atoms with E-state index in [1.807, 2.05) is 24.3 Å². The molecule has 0 unspecified atom stereocenters. The Morgan fingerprint density at radius 1 is 0.957 bits per heavy atom. The van der Waals surface area contributed by atoms with Crippen LogP contribution in [0.2, 0.25) is 0 Å². The molecule has 0 spiro atoms. The van der Waals surface area contributed by atoms with Gasteiger partial charge in [-0.2, -0.15) is 0 Å². The lowest BCUT2D eigenvalue weighted by molar-refractivity contribution is -0.136. The number of fused-ring (bicyclic) bond motifs is 1. The second-order valence-corrected chi connectivity index (χ2v) is 6.14. The van der Waals surface area contributed by atoms with Gasteiger partial charge in [0.05, 0.1) is 0 Å². The average Bonchev–Trinajstić information content (AvgIpc) is 2.59. The summed E-state index contributed by atoms with van der Waals surface area (Å²) in [6.45, 7) is 0.571. The van der Waals surface area contributed by atoms with Gasteiger partial charge < -0.3 is 9.84 Å². The van der Waals surface area contributed by atoms with E-state index in [0.717, 1.165) is 11.3 Å². The van der Waals surface area contributed by atoms with Gasteiger partial charge in [0.25, 0.3) is 0 Å². The van der Waals surface area contributed by atoms with E-state index in [2.05, 4.69) is 18.2 Å². The molecule has 1 aliphatic rings. The highest BCUT2D eigenvalue weighted by Gasteiger charge is 2.09. The molecular formula is C20H22O3. The average molecular weight is 310 g/mol. The first-order valence-electron chi connectivity index (χ1n) is 8.25. The van der Waals surface area contributed by atoms with Gasteiger partial charge in [-0.05, 0) is 66.5 Å². The van der Waals surface area contributed by atoms with Crippen LogP contribution in [0.5, 0.6) is 5.75 Å². The van der Waals surface area contributed by atoms with E-state index in [1.54, 1.807) is 0 Å². The summed E-state index contributed by atoms with van der Waals surface area (Å²) in [5.74, 6) is 0.0551. The molecule has 23 heavy (non-hydrogen) atoms. The SMILES string of the molecule is O=C(O)CCc1ccc(OCc2ccc3c(c2)CCCC3)cc1. The number of benzene rings is 2. The molecule has 0 aromatic heterocycles. The van der Waals surface area contributed by atoms with Crippen molar-refractivity contribution < 1.29 is 14.6 Å². The number of aliphatic carboxylic acids is 1. The summed E-state index contributed by atoms with van der Waals surface area (Å²) in [5, 5.41) is 8.70. The minimum atomic E-state index is -0.766. The zero-order valence-corrected chi connectivity index (χ0v) is 13.3. The van der Waals surface area contributed by atoms with E-state index in [1.165, 1.54) is 42.4 Å². The number of hydrogen-bond donors (Lipinski definition) is 1. The van der Waals surface area contributed by atoms with Crippen molar-refractivity contribution in [3.8, 4) is 5.75 Å². The molecule has 0 amide bonds. The predicted octanol–water partition coefficient (Wildman–Crippen LogP) is 4.16. The zero-order valence-electron chi connectivity index (χ0n) is 13.3. The largest absolute Gasteiger partial charge is 0.489 e. The minimum absolute atomic E-state index is 0.162. The van der Waals surface area contributed by atoms with E-state index in [0.29, 0.717) is 13.0 Å². The number of ether oxygens (including phenoxy) is 1. The van der Waals surface area contributed by atoms with Crippen LogP contribution in [0, 0.1) is 0 Å². The van der Waals surface area contributed by atoms with Gasteiger partial charge in [-0.3, -0.25) is 4.79 Å². The third-order valence-corrected chi connectivity index (χ3v) is 4.37. The lowest BCUT2D eigenvalue weighted by Crippen LogP contribution is -2.04. The smallest absolute Gasteiger partial charge is 0.303 e. The van der Waals surface area contributed by atoms with Crippen molar-refractivity contribution in [3.63, 3.8) is 0 Å². The highest BCUT2D eigenvalue weighted by Crippen LogP contribution is 2.23. The monoisotopic (exact) mass is 310 g/mol. The Labute approximate surface area is 136 Å². The fraction of sp³-hybridized carbons (Fsp3) is 0.350. The van der Waals surface area contributed by atoms with Crippen molar-refractivity contribution in [1.82, 2.24) is 0 Å². The van der Waals surface area contributed by atoms with E-state index in [9.17, 15) is 4.79 Å². The van der Waals surface area contributed by atoms with Gasteiger partial charge in [-0.25, -0.2) is 0 Å². The van der Waals surface area contributed by atoms with Gasteiger partial charge in [-0.15, -0.1) is 0 Å². The number of rotatable bonds is 6. The highest BCUT2D eigenvalue weighted by atomic mass is 16.5. The molecule has 2 aromatic rings. The molecule has 3 nitrogen and oxygen atoms in total. The summed E-state index contributed by atoms with van der Waals surface area (Å²) >= 11 is 0. The number of hydrogen-bond acceptors (Lipinski definition) is 2. The van der Waals surface area contributed by atoms with Crippen LogP contribution in [0.25, 0.3) is 0 Å². The normalized spacial score (nSPS) is 13.4. The van der Waals surface area contributed by atoms with Gasteiger partial charge in [0.2, 0.25) is 0 Å². The molecule has 3 rings (SSSR count). The molecule has 120 valence electrons. The summed E-state index contributed by atoms with van der Waals surface area (Å²) in [7, 11) is 0. The molecule has 0 bridgehead atoms. The molecule has 1 aliphatic carbocycles. The van der Waals surface area contributed by atoms with Crippen molar-refractivity contribution in [3.05, 3.63) is 64.7 Å². The van der Waals surface area contributed by atoms with Gasteiger partial charge in [0, 0.05) is 6.42 Å². The van der Waals surface area contributed by atoms with Crippen LogP contribution in [0.3, 0.4) is 0 Å². The molecule has 0 saturated carbocycles. The quantitative estimate of drug-likeness (QED) is 0.871. The van der Waals surface area contributed by atoms with Gasteiger partial charge >= 0.3 is 5.97 Å². The maximum atomic E-state index is 10.6. The van der Waals surface area contributed by atoms with Crippen LogP contribution >= 0.6 is 0 Å². The second kappa shape index (κ2) is 7.32. The number of carboxylic acid groups (broad SMARTS) is 1. The van der Waals surface area contributed by atoms with Crippen LogP contribution in [-0.2, 0) is 30.7 Å². The highest BCUT2D eigenvalue weighted by molar-refractivity contribution is 5.67. The Morgan fingerprint density at radius 2 is 1.65 bits per heavy atom. The number of carbonyl (C=O) groups is 1. The molecule has 3 heteroatoms. The molecular weight excluding hydrogens is 288 g/mol. The van der Waals surface area contributed by atoms with Crippen molar-refractivity contribution in [2.24, 2.45) is 0 Å². The number of carboxylic acids is 1. The summed E-state index contributed by atoms with van der Waals surface area (Å²) in [6, 6.07) is 14.4. The molecule has 2 aromatic carbocycles. The predicted molar refractivity (Wildman–Crippen MR) is 89.8 cm³/mol. The Kier molecular flexibility index (Phi) is 4.96. The van der Waals surface area contributed by atoms with Gasteiger partial charge in [0.15, 0.2) is 0 Å². The van der Waals surface area contributed by atoms with Crippen molar-refractivity contribution in [2.75, 3.05) is 0 Å². The van der Waals surface area contributed by atoms with E-state index < -0.39 is 5.97 Å². The first-order chi connectivity index (χ1) is 11.2. The third kappa shape index (κ3) is 4.35. The topological polar surface area (TPSA) is 46.5 Å². The first kappa shape index (κ1) is 15.6. The van der Waals surface area contributed by atoms with Gasteiger partial charge in [-0.1, -0.05) is 30.3 Å². The van der Waals surface area contributed by atoms with Crippen molar-refractivity contribution in [1.29, 1.82) is 0 Å². The summed E-state index contributed by atoms with van der Waals surface area (Å²) in [5.41, 5.74) is 5.19. The molecule has 0 fully saturated rings. The lowest BCUT2D eigenvalue weighted by atomic mass is 9.90. The Bertz CT molecular complexity index is 674. The zero-order chi connectivity index (χ0) is 16.1. The van der Waals surface area contributed by atoms with Crippen LogP contribution in [0.15, 0.2) is 42.5 Å². The van der Waals surface area contributed by atoms with E-state index in [-0.39, 0.29) is 6.42 Å². The minimum Gasteiger partial charge on any atom is -0.489 e. The summed E-state index contributed by atoms with van der Waals surface area (Å²) in [6.07, 6.45) is 5.69. The lowest BCUT2D eigenvalue weighted by Gasteiger charge is -2.16. The molecule has 0 heterocycles. The van der Waals surface area contributed by atoms with Crippen molar-refractivity contribution >= 4 is 5.97 Å². The molecule has 0 radical (unpaired) electrons. The Hall–Kier alpha value is -2.29. The molecule has 0 aliphatic heterocycles. The van der Waals surface area contributed by atoms with Gasteiger partial charge in [0.1, 0.15) is 12.4 Å². The second-order valence-electron chi connectivity index (χ2n) is 6.14. The third-order valence-electron chi connectivity index (χ3n) is 4.37. The van der Waals surface area contributed by atoms with E-state index in [4.69, 9.17) is 9.84 Å². The van der Waals surface area contributed by atoms with E-state index >= 15 is 0 Å². The van der Waals surface area contributed by atoms with Crippen LogP contribution in [0.1, 0.15) is 41.5 Å². The fourth-order valence-corrected chi connectivity index (χ4v) is 3.05. The van der Waals surface area contributed by atoms with Crippen LogP contribution in [-0.4, -0.2) is 11.1 Å². The summed E-state index contributed by atoms with van der Waals surface area (Å²) < 4.78 is 5.85. The Morgan fingerprint density at radius 3 is 2.39 bits per heavy atom. The van der Waals surface area contributed by atoms with Crippen LogP contribution < -0.4 is 4.74 Å². The van der Waals surface area contributed by atoms with Crippen molar-refractivity contribution in [2.45, 2.75) is 45.1 Å². The Balaban J connectivity index is 1.56. The standard InChI is InChI=1S/C20H22O3/c21-20(22)12-8-15-6-10-19(11-7-15)23-14-16-5-9-17-3-1-2-4-18(17)13-16/h5-7,9-11,13H,1-4,8,12,14H2,(H,21,22). The maximum absolute atomic E-state index is 10.6. The maximum Gasteiger partial charge on any atom is 0.303 e. The molecule has 0 atom stereocenters. The molecule has 1 N–H and O–H groups in total. The summed E-state index contributed by atoms with van der Waals surface area (Å²) in [4.78, 5) is 10.6. The fourth-order valence-electron chi connectivity index (χ4n) is 3.05.